The van der Waals surface area contributed by atoms with Crippen LogP contribution < -0.4 is 4.74 Å². The minimum Gasteiger partial charge on any atom is -0.508 e. The van der Waals surface area contributed by atoms with Gasteiger partial charge in [0.15, 0.2) is 6.35 Å². The molecule has 0 heterocycles. The zero-order valence-corrected chi connectivity index (χ0v) is 17.8. The van der Waals surface area contributed by atoms with Crippen molar-refractivity contribution in [1.82, 2.24) is 0 Å². The van der Waals surface area contributed by atoms with E-state index in [2.05, 4.69) is 19.9 Å². The maximum Gasteiger partial charge on any atom is 0.367 e. The summed E-state index contributed by atoms with van der Waals surface area (Å²) in [5, 5.41) is 10.0. The monoisotopic (exact) mass is 392 g/mol. The molecule has 1 N–H and O–H groups in total. The summed E-state index contributed by atoms with van der Waals surface area (Å²) >= 11 is 0. The summed E-state index contributed by atoms with van der Waals surface area (Å²) in [6.07, 6.45) is 0.639. The summed E-state index contributed by atoms with van der Waals surface area (Å²) in [5.74, 6) is 1.24. The van der Waals surface area contributed by atoms with Crippen molar-refractivity contribution in [2.45, 2.75) is 40.0 Å². The van der Waals surface area contributed by atoms with E-state index in [1.165, 1.54) is 19.8 Å². The quantitative estimate of drug-likeness (QED) is 0.597. The molecule has 0 saturated carbocycles. The first-order valence-electron chi connectivity index (χ1n) is 8.94. The summed E-state index contributed by atoms with van der Waals surface area (Å²) in [7, 11) is -0.522. The molecule has 0 saturated heterocycles. The lowest BCUT2D eigenvalue weighted by molar-refractivity contribution is 0.240. The second-order valence-electron chi connectivity index (χ2n) is 7.01. The summed E-state index contributed by atoms with van der Waals surface area (Å²) in [6.45, 7) is 8.21. The number of hydrogen-bond donors (Lipinski definition) is 1. The Morgan fingerprint density at radius 1 is 1.04 bits per heavy atom. The van der Waals surface area contributed by atoms with Crippen molar-refractivity contribution >= 4 is 7.60 Å². The van der Waals surface area contributed by atoms with Crippen molar-refractivity contribution in [2.75, 3.05) is 20.6 Å². The van der Waals surface area contributed by atoms with Gasteiger partial charge in [-0.05, 0) is 72.2 Å². The van der Waals surface area contributed by atoms with Crippen LogP contribution in [0.25, 0.3) is 0 Å². The highest BCUT2D eigenvalue weighted by atomic mass is 31.2. The van der Waals surface area contributed by atoms with E-state index in [1.54, 1.807) is 6.07 Å². The topological polar surface area (TPSA) is 65.0 Å². The standard InChI is InChI=1S/C21H29O5P/c1-14(2)19-11-17(7-8-21(19)22)12-20-15(3)9-18(10-16(20)4)26-13-27(23,24-5)25-6/h7-11,14,22H,12-13H2,1-6H3. The van der Waals surface area contributed by atoms with Crippen LogP contribution in [0.15, 0.2) is 30.3 Å². The van der Waals surface area contributed by atoms with Gasteiger partial charge >= 0.3 is 7.60 Å². The molecule has 148 valence electrons. The Balaban J connectivity index is 2.22. The SMILES string of the molecule is COP(=O)(COc1cc(C)c(Cc2ccc(O)c(C(C)C)c2)c(C)c1)OC. The second kappa shape index (κ2) is 8.92. The van der Waals surface area contributed by atoms with Crippen LogP contribution in [0.1, 0.15) is 47.6 Å². The number of rotatable bonds is 8. The third-order valence-corrected chi connectivity index (χ3v) is 6.27. The van der Waals surface area contributed by atoms with E-state index < -0.39 is 7.60 Å². The molecule has 0 spiro atoms. The molecule has 0 bridgehead atoms. The highest BCUT2D eigenvalue weighted by Gasteiger charge is 2.22. The summed E-state index contributed by atoms with van der Waals surface area (Å²) in [5.41, 5.74) is 5.50. The Morgan fingerprint density at radius 2 is 1.63 bits per heavy atom. The van der Waals surface area contributed by atoms with Crippen LogP contribution >= 0.6 is 7.60 Å². The van der Waals surface area contributed by atoms with Gasteiger partial charge in [0.25, 0.3) is 0 Å². The molecule has 27 heavy (non-hydrogen) atoms. The number of ether oxygens (including phenoxy) is 1. The van der Waals surface area contributed by atoms with Crippen LogP contribution in [0, 0.1) is 13.8 Å². The maximum absolute atomic E-state index is 12.1. The highest BCUT2D eigenvalue weighted by Crippen LogP contribution is 2.46. The van der Waals surface area contributed by atoms with Gasteiger partial charge in [0, 0.05) is 14.2 Å². The molecular weight excluding hydrogens is 363 g/mol. The molecule has 0 amide bonds. The number of aromatic hydroxyl groups is 1. The Kier molecular flexibility index (Phi) is 7.10. The number of phenols is 1. The molecule has 2 aromatic carbocycles. The van der Waals surface area contributed by atoms with Gasteiger partial charge < -0.3 is 18.9 Å². The van der Waals surface area contributed by atoms with E-state index in [1.807, 2.05) is 32.0 Å². The van der Waals surface area contributed by atoms with Crippen molar-refractivity contribution in [2.24, 2.45) is 0 Å². The van der Waals surface area contributed by atoms with Crippen LogP contribution in [0.3, 0.4) is 0 Å². The lowest BCUT2D eigenvalue weighted by atomic mass is 9.93. The van der Waals surface area contributed by atoms with Crippen molar-refractivity contribution < 1.29 is 23.5 Å². The summed E-state index contributed by atoms with van der Waals surface area (Å²) < 4.78 is 27.6. The fourth-order valence-electron chi connectivity index (χ4n) is 3.03. The van der Waals surface area contributed by atoms with Crippen molar-refractivity contribution in [3.8, 4) is 11.5 Å². The molecule has 0 fully saturated rings. The zero-order valence-electron chi connectivity index (χ0n) is 16.9. The van der Waals surface area contributed by atoms with Gasteiger partial charge in [-0.3, -0.25) is 4.57 Å². The van der Waals surface area contributed by atoms with Gasteiger partial charge in [0.2, 0.25) is 0 Å². The molecule has 5 nitrogen and oxygen atoms in total. The van der Waals surface area contributed by atoms with E-state index in [9.17, 15) is 9.67 Å². The first-order chi connectivity index (χ1) is 12.7. The van der Waals surface area contributed by atoms with Gasteiger partial charge in [0.1, 0.15) is 11.5 Å². The highest BCUT2D eigenvalue weighted by molar-refractivity contribution is 7.53. The van der Waals surface area contributed by atoms with Crippen LogP contribution in [0.4, 0.5) is 0 Å². The van der Waals surface area contributed by atoms with E-state index in [-0.39, 0.29) is 12.3 Å². The summed E-state index contributed by atoms with van der Waals surface area (Å²) in [4.78, 5) is 0. The smallest absolute Gasteiger partial charge is 0.367 e. The van der Waals surface area contributed by atoms with Crippen LogP contribution in [0.2, 0.25) is 0 Å². The van der Waals surface area contributed by atoms with E-state index in [4.69, 9.17) is 13.8 Å². The molecule has 0 aliphatic carbocycles. The maximum atomic E-state index is 12.1. The Labute approximate surface area is 161 Å². The molecular formula is C21H29O5P. The van der Waals surface area contributed by atoms with Gasteiger partial charge in [0.05, 0.1) is 0 Å². The Hall–Kier alpha value is -1.81. The van der Waals surface area contributed by atoms with Gasteiger partial charge in [-0.2, -0.15) is 0 Å². The van der Waals surface area contributed by atoms with Crippen LogP contribution in [0.5, 0.6) is 11.5 Å². The molecule has 0 aromatic heterocycles. The first-order valence-corrected chi connectivity index (χ1v) is 10.7. The van der Waals surface area contributed by atoms with E-state index in [0.717, 1.165) is 28.7 Å². The molecule has 0 aliphatic rings. The number of benzene rings is 2. The Bertz CT molecular complexity index is 813. The normalized spacial score (nSPS) is 11.8. The van der Waals surface area contributed by atoms with Gasteiger partial charge in [-0.25, -0.2) is 0 Å². The Morgan fingerprint density at radius 3 is 2.15 bits per heavy atom. The minimum atomic E-state index is -3.21. The van der Waals surface area contributed by atoms with E-state index in [0.29, 0.717) is 11.5 Å². The first kappa shape index (κ1) is 21.5. The third-order valence-electron chi connectivity index (χ3n) is 4.71. The lowest BCUT2D eigenvalue weighted by Crippen LogP contribution is -2.04. The second-order valence-corrected chi connectivity index (χ2v) is 9.22. The van der Waals surface area contributed by atoms with Gasteiger partial charge in [-0.15, -0.1) is 0 Å². The van der Waals surface area contributed by atoms with Crippen molar-refractivity contribution in [1.29, 1.82) is 0 Å². The predicted octanol–water partition coefficient (Wildman–Crippen LogP) is 5.55. The predicted molar refractivity (Wildman–Crippen MR) is 108 cm³/mol. The van der Waals surface area contributed by atoms with Crippen molar-refractivity contribution in [3.63, 3.8) is 0 Å². The average Bonchev–Trinajstić information content (AvgIpc) is 2.63. The number of aryl methyl sites for hydroxylation is 2. The number of hydrogen-bond acceptors (Lipinski definition) is 5. The van der Waals surface area contributed by atoms with Crippen molar-refractivity contribution in [3.05, 3.63) is 58.1 Å². The molecule has 2 aromatic rings. The third kappa shape index (κ3) is 5.35. The summed E-state index contributed by atoms with van der Waals surface area (Å²) in [6, 6.07) is 9.65. The molecule has 0 unspecified atom stereocenters. The van der Waals surface area contributed by atoms with E-state index >= 15 is 0 Å². The molecule has 0 radical (unpaired) electrons. The molecule has 6 heteroatoms. The van der Waals surface area contributed by atoms with Gasteiger partial charge in [-0.1, -0.05) is 26.0 Å². The minimum absolute atomic E-state index is 0.131. The van der Waals surface area contributed by atoms with Crippen LogP contribution in [-0.4, -0.2) is 25.7 Å². The largest absolute Gasteiger partial charge is 0.508 e. The fraction of sp³-hybridized carbons (Fsp3) is 0.429. The fourth-order valence-corrected chi connectivity index (χ4v) is 3.70. The molecule has 0 aliphatic heterocycles. The zero-order chi connectivity index (χ0) is 20.2. The van der Waals surface area contributed by atoms with Crippen LogP contribution in [-0.2, 0) is 20.0 Å². The number of phenolic OH excluding ortho intramolecular Hbond substituents is 1. The molecule has 0 atom stereocenters. The molecule has 2 rings (SSSR count). The average molecular weight is 392 g/mol. The lowest BCUT2D eigenvalue weighted by Gasteiger charge is -2.17.